The van der Waals surface area contributed by atoms with Gasteiger partial charge in [0.15, 0.2) is 0 Å². The number of nitrogens with one attached hydrogen (secondary N) is 3. The predicted molar refractivity (Wildman–Crippen MR) is 144 cm³/mol. The first-order chi connectivity index (χ1) is 15.7. The van der Waals surface area contributed by atoms with Crippen LogP contribution in [0.4, 0.5) is 11.6 Å². The third-order valence-electron chi connectivity index (χ3n) is 5.15. The Morgan fingerprint density at radius 1 is 0.667 bits per heavy atom. The van der Waals surface area contributed by atoms with Crippen LogP contribution >= 0.6 is 0 Å². The van der Waals surface area contributed by atoms with E-state index in [1.807, 2.05) is 30.3 Å². The number of rotatable bonds is 8. The van der Waals surface area contributed by atoms with E-state index in [1.54, 1.807) is 0 Å². The van der Waals surface area contributed by atoms with E-state index in [2.05, 4.69) is 77.0 Å². The molecule has 0 atom stereocenters. The average Bonchev–Trinajstić information content (AvgIpc) is 2.83. The molecular weight excluding hydrogens is 408 g/mol. The van der Waals surface area contributed by atoms with Crippen LogP contribution in [0.15, 0.2) is 60.7 Å². The summed E-state index contributed by atoms with van der Waals surface area (Å²) < 4.78 is 0. The number of hydrogen-bond donors (Lipinski definition) is 4. The number of anilines is 2. The molecule has 0 fully saturated rings. The third-order valence-corrected chi connectivity index (χ3v) is 5.15. The Bertz CT molecular complexity index is 1140. The molecule has 0 radical (unpaired) electrons. The van der Waals surface area contributed by atoms with Crippen LogP contribution in [0.5, 0.6) is 0 Å². The Morgan fingerprint density at radius 3 is 1.67 bits per heavy atom. The summed E-state index contributed by atoms with van der Waals surface area (Å²) in [5.41, 5.74) is 10.2. The molecule has 0 aliphatic rings. The normalized spacial score (nSPS) is 10.3. The maximum absolute atomic E-state index is 5.67. The van der Waals surface area contributed by atoms with Crippen molar-refractivity contribution in [3.8, 4) is 0 Å². The number of nitrogens with two attached hydrogens (primary N) is 1. The standard InChI is InChI=1S/C14H19N3.C12H15N3.CH4/c1-3-15-10-11-6-5-7-13-12(11)8-9-14(17-13)16-4-2;1-2-14-12-7-6-10-9(8-13)4-3-5-11(10)15-12;/h5-9,15H,3-4,10H2,1-2H3,(H,16,17);3-7H,2,8,13H2,1H3,(H,14,15);1H4. The van der Waals surface area contributed by atoms with Crippen LogP contribution in [-0.2, 0) is 13.1 Å². The number of pyridine rings is 2. The molecule has 0 aliphatic heterocycles. The highest BCUT2D eigenvalue weighted by atomic mass is 15.0. The molecule has 0 amide bonds. The first kappa shape index (κ1) is 26.0. The van der Waals surface area contributed by atoms with Crippen molar-refractivity contribution in [1.82, 2.24) is 15.3 Å². The van der Waals surface area contributed by atoms with Crippen molar-refractivity contribution < 1.29 is 0 Å². The van der Waals surface area contributed by atoms with Crippen LogP contribution in [0.3, 0.4) is 0 Å². The molecule has 0 saturated carbocycles. The fraction of sp³-hybridized carbons (Fsp3) is 0.333. The van der Waals surface area contributed by atoms with Gasteiger partial charge in [-0.2, -0.15) is 0 Å². The Hall–Kier alpha value is -3.22. The molecule has 2 aromatic heterocycles. The molecule has 176 valence electrons. The van der Waals surface area contributed by atoms with E-state index in [9.17, 15) is 0 Å². The van der Waals surface area contributed by atoms with E-state index >= 15 is 0 Å². The minimum Gasteiger partial charge on any atom is -0.370 e. The van der Waals surface area contributed by atoms with Gasteiger partial charge in [0.05, 0.1) is 11.0 Å². The lowest BCUT2D eigenvalue weighted by Gasteiger charge is -2.08. The third kappa shape index (κ3) is 6.88. The van der Waals surface area contributed by atoms with Crippen molar-refractivity contribution in [3.63, 3.8) is 0 Å². The lowest BCUT2D eigenvalue weighted by atomic mass is 10.1. The molecule has 0 aliphatic carbocycles. The van der Waals surface area contributed by atoms with Crippen molar-refractivity contribution in [3.05, 3.63) is 71.8 Å². The second kappa shape index (κ2) is 13.4. The van der Waals surface area contributed by atoms with Crippen molar-refractivity contribution in [2.24, 2.45) is 5.73 Å². The van der Waals surface area contributed by atoms with Gasteiger partial charge in [-0.25, -0.2) is 9.97 Å². The summed E-state index contributed by atoms with van der Waals surface area (Å²) in [5.74, 6) is 1.86. The highest BCUT2D eigenvalue weighted by Crippen LogP contribution is 2.20. The Balaban J connectivity index is 0.000000228. The molecule has 0 bridgehead atoms. The summed E-state index contributed by atoms with van der Waals surface area (Å²) in [6.07, 6.45) is 0. The largest absolute Gasteiger partial charge is 0.370 e. The quantitative estimate of drug-likeness (QED) is 0.284. The van der Waals surface area contributed by atoms with E-state index in [0.717, 1.165) is 59.8 Å². The fourth-order valence-corrected chi connectivity index (χ4v) is 3.59. The van der Waals surface area contributed by atoms with Crippen molar-refractivity contribution in [1.29, 1.82) is 0 Å². The number of fused-ring (bicyclic) bond motifs is 2. The Kier molecular flexibility index (Phi) is 10.5. The van der Waals surface area contributed by atoms with E-state index in [1.165, 1.54) is 10.9 Å². The number of nitrogens with zero attached hydrogens (tertiary/aromatic N) is 2. The highest BCUT2D eigenvalue weighted by Gasteiger charge is 2.03. The lowest BCUT2D eigenvalue weighted by Crippen LogP contribution is -2.12. The van der Waals surface area contributed by atoms with Gasteiger partial charge in [-0.1, -0.05) is 38.6 Å². The predicted octanol–water partition coefficient (Wildman–Crippen LogP) is 5.54. The van der Waals surface area contributed by atoms with Gasteiger partial charge in [-0.15, -0.1) is 0 Å². The number of benzene rings is 2. The summed E-state index contributed by atoms with van der Waals surface area (Å²) in [6.45, 7) is 10.5. The van der Waals surface area contributed by atoms with Gasteiger partial charge in [0.1, 0.15) is 11.6 Å². The second-order valence-corrected chi connectivity index (χ2v) is 7.41. The zero-order valence-corrected chi connectivity index (χ0v) is 19.3. The summed E-state index contributed by atoms with van der Waals surface area (Å²) in [5, 5.41) is 12.2. The van der Waals surface area contributed by atoms with Crippen LogP contribution < -0.4 is 21.7 Å². The average molecular weight is 447 g/mol. The van der Waals surface area contributed by atoms with Gasteiger partial charge in [-0.05, 0) is 67.9 Å². The summed E-state index contributed by atoms with van der Waals surface area (Å²) in [7, 11) is 0. The minimum absolute atomic E-state index is 0. The maximum Gasteiger partial charge on any atom is 0.126 e. The SMILES string of the molecule is C.CCNCc1cccc2nc(NCC)ccc12.CCNc1ccc2c(CN)cccc2n1. The van der Waals surface area contributed by atoms with Crippen LogP contribution in [-0.4, -0.2) is 29.6 Å². The molecule has 5 N–H and O–H groups in total. The number of hydrogen-bond acceptors (Lipinski definition) is 6. The monoisotopic (exact) mass is 446 g/mol. The van der Waals surface area contributed by atoms with E-state index in [0.29, 0.717) is 6.54 Å². The summed E-state index contributed by atoms with van der Waals surface area (Å²) in [6, 6.07) is 20.6. The topological polar surface area (TPSA) is 87.9 Å². The first-order valence-electron chi connectivity index (χ1n) is 11.4. The van der Waals surface area contributed by atoms with Gasteiger partial charge in [0, 0.05) is 37.0 Å². The lowest BCUT2D eigenvalue weighted by molar-refractivity contribution is 0.730. The Labute approximate surface area is 198 Å². The zero-order chi connectivity index (χ0) is 22.8. The summed E-state index contributed by atoms with van der Waals surface area (Å²) in [4.78, 5) is 9.10. The zero-order valence-electron chi connectivity index (χ0n) is 19.3. The first-order valence-corrected chi connectivity index (χ1v) is 11.4. The summed E-state index contributed by atoms with van der Waals surface area (Å²) >= 11 is 0. The van der Waals surface area contributed by atoms with Crippen LogP contribution in [0.25, 0.3) is 21.8 Å². The second-order valence-electron chi connectivity index (χ2n) is 7.41. The highest BCUT2D eigenvalue weighted by molar-refractivity contribution is 5.84. The van der Waals surface area contributed by atoms with Gasteiger partial charge in [-0.3, -0.25) is 0 Å². The molecule has 6 nitrogen and oxygen atoms in total. The molecule has 2 heterocycles. The fourth-order valence-electron chi connectivity index (χ4n) is 3.59. The molecule has 0 saturated heterocycles. The van der Waals surface area contributed by atoms with Crippen LogP contribution in [0.1, 0.15) is 39.3 Å². The van der Waals surface area contributed by atoms with Gasteiger partial charge in [0.2, 0.25) is 0 Å². The van der Waals surface area contributed by atoms with E-state index in [-0.39, 0.29) is 7.43 Å². The van der Waals surface area contributed by atoms with Gasteiger partial charge in [0.25, 0.3) is 0 Å². The van der Waals surface area contributed by atoms with Crippen molar-refractivity contribution in [2.75, 3.05) is 30.3 Å². The minimum atomic E-state index is 0. The van der Waals surface area contributed by atoms with Crippen molar-refractivity contribution >= 4 is 33.4 Å². The van der Waals surface area contributed by atoms with Crippen LogP contribution in [0, 0.1) is 0 Å². The number of aromatic nitrogens is 2. The van der Waals surface area contributed by atoms with Crippen molar-refractivity contribution in [2.45, 2.75) is 41.3 Å². The smallest absolute Gasteiger partial charge is 0.126 e. The van der Waals surface area contributed by atoms with E-state index in [4.69, 9.17) is 5.73 Å². The molecule has 4 aromatic rings. The molecule has 0 unspecified atom stereocenters. The molecule has 2 aromatic carbocycles. The van der Waals surface area contributed by atoms with Gasteiger partial charge >= 0.3 is 0 Å². The van der Waals surface area contributed by atoms with E-state index < -0.39 is 0 Å². The maximum atomic E-state index is 5.67. The molecule has 0 spiro atoms. The van der Waals surface area contributed by atoms with Gasteiger partial charge < -0.3 is 21.7 Å². The van der Waals surface area contributed by atoms with Crippen LogP contribution in [0.2, 0.25) is 0 Å². The molecular formula is C27H38N6. The molecule has 6 heteroatoms. The molecule has 4 rings (SSSR count). The molecule has 33 heavy (non-hydrogen) atoms. The Morgan fingerprint density at radius 2 is 1.18 bits per heavy atom.